The second kappa shape index (κ2) is 5.51. The van der Waals surface area contributed by atoms with Gasteiger partial charge in [-0.05, 0) is 26.0 Å². The second-order valence-corrected chi connectivity index (χ2v) is 3.67. The summed E-state index contributed by atoms with van der Waals surface area (Å²) in [5.74, 6) is 0.479. The summed E-state index contributed by atoms with van der Waals surface area (Å²) in [5.41, 5.74) is 1.26. The zero-order chi connectivity index (χ0) is 12.1. The summed E-state index contributed by atoms with van der Waals surface area (Å²) in [7, 11) is 1.52. The van der Waals surface area contributed by atoms with Crippen molar-refractivity contribution in [2.45, 2.75) is 19.9 Å². The number of nitrogens with one attached hydrogen (secondary N) is 1. The van der Waals surface area contributed by atoms with Crippen molar-refractivity contribution in [2.24, 2.45) is 0 Å². The van der Waals surface area contributed by atoms with E-state index in [1.54, 1.807) is 12.1 Å². The topological polar surface area (TPSA) is 58.6 Å². The molecule has 0 aliphatic carbocycles. The van der Waals surface area contributed by atoms with Gasteiger partial charge in [-0.1, -0.05) is 6.07 Å². The minimum Gasteiger partial charge on any atom is -0.494 e. The summed E-state index contributed by atoms with van der Waals surface area (Å²) in [6.07, 6.45) is 0. The van der Waals surface area contributed by atoms with E-state index in [0.717, 1.165) is 5.69 Å². The number of carbonyl (C=O) groups excluding carboxylic acids is 1. The smallest absolute Gasteiger partial charge is 0.163 e. The van der Waals surface area contributed by atoms with Crippen molar-refractivity contribution in [1.29, 1.82) is 0 Å². The summed E-state index contributed by atoms with van der Waals surface area (Å²) >= 11 is 0. The molecule has 0 spiro atoms. The highest BCUT2D eigenvalue weighted by Crippen LogP contribution is 2.29. The fourth-order valence-electron chi connectivity index (χ4n) is 1.46. The summed E-state index contributed by atoms with van der Waals surface area (Å²) in [4.78, 5) is 11.4. The average molecular weight is 223 g/mol. The Morgan fingerprint density at radius 3 is 2.75 bits per heavy atom. The Bertz CT molecular complexity index is 377. The van der Waals surface area contributed by atoms with Gasteiger partial charge in [0.15, 0.2) is 11.5 Å². The van der Waals surface area contributed by atoms with Gasteiger partial charge in [0.2, 0.25) is 0 Å². The molecule has 0 saturated carbocycles. The number of hydrogen-bond acceptors (Lipinski definition) is 4. The largest absolute Gasteiger partial charge is 0.494 e. The van der Waals surface area contributed by atoms with Gasteiger partial charge in [0, 0.05) is 6.04 Å². The SMILES string of the molecule is COc1c(NC(C)CO)cccc1C(C)=O. The van der Waals surface area contributed by atoms with Crippen molar-refractivity contribution in [2.75, 3.05) is 19.0 Å². The van der Waals surface area contributed by atoms with E-state index in [-0.39, 0.29) is 18.4 Å². The molecular formula is C12H17NO3. The molecule has 0 bridgehead atoms. The first-order chi connectivity index (χ1) is 7.60. The molecule has 88 valence electrons. The maximum Gasteiger partial charge on any atom is 0.163 e. The predicted molar refractivity (Wildman–Crippen MR) is 63.2 cm³/mol. The van der Waals surface area contributed by atoms with Crippen LogP contribution in [0.5, 0.6) is 5.75 Å². The van der Waals surface area contributed by atoms with E-state index < -0.39 is 0 Å². The van der Waals surface area contributed by atoms with Crippen molar-refractivity contribution in [1.82, 2.24) is 0 Å². The van der Waals surface area contributed by atoms with Gasteiger partial charge in [0.25, 0.3) is 0 Å². The number of hydrogen-bond donors (Lipinski definition) is 2. The molecule has 2 N–H and O–H groups in total. The van der Waals surface area contributed by atoms with E-state index in [2.05, 4.69) is 5.32 Å². The van der Waals surface area contributed by atoms with Crippen molar-refractivity contribution in [3.8, 4) is 5.75 Å². The lowest BCUT2D eigenvalue weighted by molar-refractivity contribution is 0.101. The van der Waals surface area contributed by atoms with Crippen LogP contribution in [-0.2, 0) is 0 Å². The van der Waals surface area contributed by atoms with Gasteiger partial charge in [-0.15, -0.1) is 0 Å². The van der Waals surface area contributed by atoms with Crippen molar-refractivity contribution >= 4 is 11.5 Å². The van der Waals surface area contributed by atoms with Crippen LogP contribution in [0.4, 0.5) is 5.69 Å². The molecule has 1 aromatic rings. The number of carbonyl (C=O) groups is 1. The van der Waals surface area contributed by atoms with Gasteiger partial charge in [0.05, 0.1) is 25.0 Å². The lowest BCUT2D eigenvalue weighted by atomic mass is 10.1. The van der Waals surface area contributed by atoms with Crippen LogP contribution in [0.2, 0.25) is 0 Å². The van der Waals surface area contributed by atoms with Gasteiger partial charge >= 0.3 is 0 Å². The molecule has 0 heterocycles. The molecule has 1 unspecified atom stereocenters. The molecule has 4 heteroatoms. The first-order valence-corrected chi connectivity index (χ1v) is 5.15. The monoisotopic (exact) mass is 223 g/mol. The molecule has 0 aromatic heterocycles. The van der Waals surface area contributed by atoms with Gasteiger partial charge in [-0.2, -0.15) is 0 Å². The molecule has 1 rings (SSSR count). The van der Waals surface area contributed by atoms with Crippen LogP contribution in [0, 0.1) is 0 Å². The van der Waals surface area contributed by atoms with Gasteiger partial charge in [-0.3, -0.25) is 4.79 Å². The van der Waals surface area contributed by atoms with E-state index in [4.69, 9.17) is 9.84 Å². The molecule has 1 atom stereocenters. The quantitative estimate of drug-likeness (QED) is 0.746. The zero-order valence-electron chi connectivity index (χ0n) is 9.78. The minimum absolute atomic E-state index is 0.0213. The fourth-order valence-corrected chi connectivity index (χ4v) is 1.46. The summed E-state index contributed by atoms with van der Waals surface area (Å²) < 4.78 is 5.22. The van der Waals surface area contributed by atoms with Crippen molar-refractivity contribution < 1.29 is 14.6 Å². The molecule has 1 aromatic carbocycles. The number of rotatable bonds is 5. The first kappa shape index (κ1) is 12.5. The van der Waals surface area contributed by atoms with Gasteiger partial charge in [-0.25, -0.2) is 0 Å². The highest BCUT2D eigenvalue weighted by molar-refractivity contribution is 5.98. The molecule has 0 radical (unpaired) electrons. The van der Waals surface area contributed by atoms with Crippen LogP contribution in [0.3, 0.4) is 0 Å². The number of anilines is 1. The molecular weight excluding hydrogens is 206 g/mol. The number of benzene rings is 1. The highest BCUT2D eigenvalue weighted by Gasteiger charge is 2.13. The Labute approximate surface area is 95.2 Å². The minimum atomic E-state index is -0.0869. The molecule has 4 nitrogen and oxygen atoms in total. The van der Waals surface area contributed by atoms with Crippen LogP contribution in [-0.4, -0.2) is 30.6 Å². The Morgan fingerprint density at radius 2 is 2.25 bits per heavy atom. The first-order valence-electron chi connectivity index (χ1n) is 5.15. The Kier molecular flexibility index (Phi) is 4.31. The van der Waals surface area contributed by atoms with E-state index >= 15 is 0 Å². The summed E-state index contributed by atoms with van der Waals surface area (Å²) in [5, 5.41) is 12.0. The van der Waals surface area contributed by atoms with Crippen LogP contribution in [0.1, 0.15) is 24.2 Å². The van der Waals surface area contributed by atoms with Crippen LogP contribution in [0.25, 0.3) is 0 Å². The third-order valence-corrected chi connectivity index (χ3v) is 2.27. The summed E-state index contributed by atoms with van der Waals surface area (Å²) in [6.45, 7) is 3.37. The predicted octanol–water partition coefficient (Wildman–Crippen LogP) is 1.69. The molecule has 0 amide bonds. The Morgan fingerprint density at radius 1 is 1.56 bits per heavy atom. The second-order valence-electron chi connectivity index (χ2n) is 3.67. The van der Waals surface area contributed by atoms with E-state index in [1.807, 2.05) is 13.0 Å². The number of ether oxygens (including phenoxy) is 1. The van der Waals surface area contributed by atoms with E-state index in [1.165, 1.54) is 14.0 Å². The van der Waals surface area contributed by atoms with Crippen LogP contribution < -0.4 is 10.1 Å². The Balaban J connectivity index is 3.08. The van der Waals surface area contributed by atoms with Crippen molar-refractivity contribution in [3.63, 3.8) is 0 Å². The van der Waals surface area contributed by atoms with Gasteiger partial charge < -0.3 is 15.2 Å². The molecule has 0 fully saturated rings. The molecule has 16 heavy (non-hydrogen) atoms. The maximum absolute atomic E-state index is 11.4. The lowest BCUT2D eigenvalue weighted by Gasteiger charge is -2.17. The fraction of sp³-hybridized carbons (Fsp3) is 0.417. The third-order valence-electron chi connectivity index (χ3n) is 2.27. The average Bonchev–Trinajstić information content (AvgIpc) is 2.28. The van der Waals surface area contributed by atoms with Crippen molar-refractivity contribution in [3.05, 3.63) is 23.8 Å². The normalized spacial score (nSPS) is 12.0. The zero-order valence-corrected chi connectivity index (χ0v) is 9.78. The summed E-state index contributed by atoms with van der Waals surface area (Å²) in [6, 6.07) is 5.23. The molecule has 0 aliphatic heterocycles. The van der Waals surface area contributed by atoms with E-state index in [0.29, 0.717) is 11.3 Å². The standard InChI is InChI=1S/C12H17NO3/c1-8(7-14)13-11-6-4-5-10(9(2)15)12(11)16-3/h4-6,8,13-14H,7H2,1-3H3. The van der Waals surface area contributed by atoms with Crippen LogP contribution >= 0.6 is 0 Å². The molecule has 0 saturated heterocycles. The van der Waals surface area contributed by atoms with Gasteiger partial charge in [0.1, 0.15) is 0 Å². The highest BCUT2D eigenvalue weighted by atomic mass is 16.5. The Hall–Kier alpha value is -1.55. The molecule has 0 aliphatic rings. The number of aliphatic hydroxyl groups is 1. The number of aliphatic hydroxyl groups excluding tert-OH is 1. The number of para-hydroxylation sites is 1. The number of methoxy groups -OCH3 is 1. The van der Waals surface area contributed by atoms with E-state index in [9.17, 15) is 4.79 Å². The number of Topliss-reactive ketones (excluding diaryl/α,β-unsaturated/α-hetero) is 1. The number of ketones is 1. The van der Waals surface area contributed by atoms with Crippen LogP contribution in [0.15, 0.2) is 18.2 Å². The lowest BCUT2D eigenvalue weighted by Crippen LogP contribution is -2.20. The maximum atomic E-state index is 11.4. The third kappa shape index (κ3) is 2.73.